The molecular formula is C17H18N2O2. The second-order valence-electron chi connectivity index (χ2n) is 4.62. The van der Waals surface area contributed by atoms with Crippen LogP contribution in [0.15, 0.2) is 59.7 Å². The number of hydrazone groups is 1. The van der Waals surface area contributed by atoms with E-state index in [0.29, 0.717) is 0 Å². The van der Waals surface area contributed by atoms with Crippen molar-refractivity contribution in [2.24, 2.45) is 5.10 Å². The van der Waals surface area contributed by atoms with E-state index in [0.717, 1.165) is 22.6 Å². The summed E-state index contributed by atoms with van der Waals surface area (Å²) < 4.78 is 5.08. The van der Waals surface area contributed by atoms with Crippen molar-refractivity contribution < 1.29 is 9.53 Å². The van der Waals surface area contributed by atoms with Crippen LogP contribution in [0, 0.1) is 0 Å². The van der Waals surface area contributed by atoms with Gasteiger partial charge in [-0.15, -0.1) is 0 Å². The number of nitrogens with one attached hydrogen (secondary N) is 1. The highest BCUT2D eigenvalue weighted by atomic mass is 16.5. The Hall–Kier alpha value is -2.62. The van der Waals surface area contributed by atoms with Gasteiger partial charge in [-0.2, -0.15) is 5.10 Å². The number of rotatable bonds is 5. The molecule has 21 heavy (non-hydrogen) atoms. The number of ether oxygens (including phenoxy) is 1. The van der Waals surface area contributed by atoms with Crippen LogP contribution in [0.5, 0.6) is 5.75 Å². The highest BCUT2D eigenvalue weighted by molar-refractivity contribution is 5.99. The van der Waals surface area contributed by atoms with Crippen LogP contribution < -0.4 is 10.2 Å². The first kappa shape index (κ1) is 14.8. The zero-order chi connectivity index (χ0) is 15.1. The van der Waals surface area contributed by atoms with Crippen molar-refractivity contribution in [1.29, 1.82) is 0 Å². The van der Waals surface area contributed by atoms with Crippen LogP contribution >= 0.6 is 0 Å². The summed E-state index contributed by atoms with van der Waals surface area (Å²) >= 11 is 0. The molecule has 0 aliphatic carbocycles. The fourth-order valence-corrected chi connectivity index (χ4v) is 1.86. The summed E-state index contributed by atoms with van der Waals surface area (Å²) in [5.41, 5.74) is 5.26. The lowest BCUT2D eigenvalue weighted by atomic mass is 10.1. The molecule has 108 valence electrons. The predicted octanol–water partition coefficient (Wildman–Crippen LogP) is 2.78. The van der Waals surface area contributed by atoms with E-state index in [2.05, 4.69) is 10.5 Å². The molecule has 0 unspecified atom stereocenters. The van der Waals surface area contributed by atoms with Crippen molar-refractivity contribution in [3.63, 3.8) is 0 Å². The van der Waals surface area contributed by atoms with E-state index in [9.17, 15) is 4.79 Å². The minimum absolute atomic E-state index is 0.143. The molecule has 0 spiro atoms. The van der Waals surface area contributed by atoms with E-state index < -0.39 is 0 Å². The topological polar surface area (TPSA) is 50.7 Å². The average molecular weight is 282 g/mol. The van der Waals surface area contributed by atoms with E-state index in [1.807, 2.05) is 61.5 Å². The Bertz CT molecular complexity index is 619. The maximum atomic E-state index is 11.9. The Balaban J connectivity index is 1.92. The van der Waals surface area contributed by atoms with Crippen LogP contribution in [-0.2, 0) is 11.2 Å². The number of nitrogens with zero attached hydrogens (tertiary/aromatic N) is 1. The number of amides is 1. The quantitative estimate of drug-likeness (QED) is 0.677. The Kier molecular flexibility index (Phi) is 5.10. The van der Waals surface area contributed by atoms with Crippen molar-refractivity contribution in [2.45, 2.75) is 13.3 Å². The minimum atomic E-state index is -0.143. The summed E-state index contributed by atoms with van der Waals surface area (Å²) in [4.78, 5) is 11.9. The van der Waals surface area contributed by atoms with Crippen molar-refractivity contribution >= 4 is 11.6 Å². The van der Waals surface area contributed by atoms with Crippen LogP contribution in [0.1, 0.15) is 18.1 Å². The molecule has 0 aromatic heterocycles. The number of carbonyl (C=O) groups excluding carboxylic acids is 1. The first-order valence-corrected chi connectivity index (χ1v) is 6.70. The van der Waals surface area contributed by atoms with Crippen LogP contribution in [0.2, 0.25) is 0 Å². The molecule has 2 aromatic carbocycles. The van der Waals surface area contributed by atoms with Gasteiger partial charge >= 0.3 is 0 Å². The van der Waals surface area contributed by atoms with Gasteiger partial charge in [-0.3, -0.25) is 4.79 Å². The summed E-state index contributed by atoms with van der Waals surface area (Å²) in [5.74, 6) is 0.632. The normalized spacial score (nSPS) is 11.0. The molecule has 2 aromatic rings. The molecule has 0 aliphatic heterocycles. The summed E-state index contributed by atoms with van der Waals surface area (Å²) in [5, 5.41) is 4.12. The molecule has 0 aliphatic rings. The van der Waals surface area contributed by atoms with Gasteiger partial charge in [0.2, 0.25) is 5.91 Å². The Labute approximate surface area is 124 Å². The van der Waals surface area contributed by atoms with Crippen molar-refractivity contribution in [3.05, 3.63) is 65.7 Å². The summed E-state index contributed by atoms with van der Waals surface area (Å²) in [6.45, 7) is 1.86. The first-order valence-electron chi connectivity index (χ1n) is 6.70. The highest BCUT2D eigenvalue weighted by Gasteiger charge is 2.03. The minimum Gasteiger partial charge on any atom is -0.497 e. The second kappa shape index (κ2) is 7.24. The van der Waals surface area contributed by atoms with Crippen LogP contribution in [0.3, 0.4) is 0 Å². The third kappa shape index (κ3) is 4.45. The SMILES string of the molecule is COc1ccc(CC(=O)N/N=C(\C)c2ccccc2)cc1. The van der Waals surface area contributed by atoms with Crippen LogP contribution in [0.4, 0.5) is 0 Å². The van der Waals surface area contributed by atoms with E-state index in [1.165, 1.54) is 0 Å². The fourth-order valence-electron chi connectivity index (χ4n) is 1.86. The lowest BCUT2D eigenvalue weighted by Gasteiger charge is -2.04. The molecule has 1 amide bonds. The predicted molar refractivity (Wildman–Crippen MR) is 83.5 cm³/mol. The standard InChI is InChI=1S/C17H18N2O2/c1-13(15-6-4-3-5-7-15)18-19-17(20)12-14-8-10-16(21-2)11-9-14/h3-11H,12H2,1-2H3,(H,19,20)/b18-13+. The molecule has 0 bridgehead atoms. The van der Waals surface area contributed by atoms with Gasteiger partial charge in [-0.1, -0.05) is 42.5 Å². The summed E-state index contributed by atoms with van der Waals surface area (Å²) in [6, 6.07) is 17.1. The third-order valence-corrected chi connectivity index (χ3v) is 3.06. The maximum absolute atomic E-state index is 11.9. The number of methoxy groups -OCH3 is 1. The van der Waals surface area contributed by atoms with Crippen LogP contribution in [0.25, 0.3) is 0 Å². The molecule has 0 fully saturated rings. The lowest BCUT2D eigenvalue weighted by molar-refractivity contribution is -0.120. The molecule has 4 heteroatoms. The van der Waals surface area contributed by atoms with Crippen LogP contribution in [-0.4, -0.2) is 18.7 Å². The van der Waals surface area contributed by atoms with Gasteiger partial charge in [0.1, 0.15) is 5.75 Å². The second-order valence-corrected chi connectivity index (χ2v) is 4.62. The molecule has 0 heterocycles. The summed E-state index contributed by atoms with van der Waals surface area (Å²) in [7, 11) is 1.61. The van der Waals surface area contributed by atoms with Gasteiger partial charge in [-0.05, 0) is 30.2 Å². The molecule has 4 nitrogen and oxygen atoms in total. The highest BCUT2D eigenvalue weighted by Crippen LogP contribution is 2.11. The molecule has 0 radical (unpaired) electrons. The summed E-state index contributed by atoms with van der Waals surface area (Å²) in [6.07, 6.45) is 0.287. The van der Waals surface area contributed by atoms with E-state index in [-0.39, 0.29) is 12.3 Å². The number of carbonyl (C=O) groups is 1. The van der Waals surface area contributed by atoms with Gasteiger partial charge in [0.05, 0.1) is 19.2 Å². The van der Waals surface area contributed by atoms with Gasteiger partial charge in [0.15, 0.2) is 0 Å². The van der Waals surface area contributed by atoms with Gasteiger partial charge in [0, 0.05) is 0 Å². The largest absolute Gasteiger partial charge is 0.497 e. The monoisotopic (exact) mass is 282 g/mol. The van der Waals surface area contributed by atoms with Crippen molar-refractivity contribution in [2.75, 3.05) is 7.11 Å². The fraction of sp³-hybridized carbons (Fsp3) is 0.176. The van der Waals surface area contributed by atoms with Crippen molar-refractivity contribution in [3.8, 4) is 5.75 Å². The third-order valence-electron chi connectivity index (χ3n) is 3.06. The smallest absolute Gasteiger partial charge is 0.244 e. The molecule has 0 atom stereocenters. The zero-order valence-corrected chi connectivity index (χ0v) is 12.2. The van der Waals surface area contributed by atoms with E-state index in [4.69, 9.17) is 4.74 Å². The first-order chi connectivity index (χ1) is 10.2. The number of hydrogen-bond donors (Lipinski definition) is 1. The molecule has 2 rings (SSSR count). The molecule has 0 saturated carbocycles. The van der Waals surface area contributed by atoms with E-state index in [1.54, 1.807) is 7.11 Å². The number of benzene rings is 2. The Morgan fingerprint density at radius 3 is 2.38 bits per heavy atom. The molecular weight excluding hydrogens is 264 g/mol. The van der Waals surface area contributed by atoms with Gasteiger partial charge < -0.3 is 4.74 Å². The number of hydrogen-bond acceptors (Lipinski definition) is 3. The average Bonchev–Trinajstić information content (AvgIpc) is 2.54. The zero-order valence-electron chi connectivity index (χ0n) is 12.2. The van der Waals surface area contributed by atoms with E-state index >= 15 is 0 Å². The van der Waals surface area contributed by atoms with Crippen molar-refractivity contribution in [1.82, 2.24) is 5.43 Å². The molecule has 1 N–H and O–H groups in total. The van der Waals surface area contributed by atoms with Gasteiger partial charge in [-0.25, -0.2) is 5.43 Å². The molecule has 0 saturated heterocycles. The Morgan fingerprint density at radius 2 is 1.76 bits per heavy atom. The maximum Gasteiger partial charge on any atom is 0.244 e. The Morgan fingerprint density at radius 1 is 1.10 bits per heavy atom. The lowest BCUT2D eigenvalue weighted by Crippen LogP contribution is -2.21. The van der Waals surface area contributed by atoms with Gasteiger partial charge in [0.25, 0.3) is 0 Å².